The average Bonchev–Trinajstić information content (AvgIpc) is 3.21. The molecule has 3 aromatic rings. The number of carbonyl (C=O) groups excluding carboxylic acids is 3. The van der Waals surface area contributed by atoms with Crippen molar-refractivity contribution in [3.8, 4) is 10.6 Å². The lowest BCUT2D eigenvalue weighted by Gasteiger charge is -2.14. The molecule has 1 aromatic carbocycles. The molecule has 2 amide bonds. The number of nitrogens with one attached hydrogen (secondary N) is 1. The highest BCUT2D eigenvalue weighted by Gasteiger charge is 2.23. The summed E-state index contributed by atoms with van der Waals surface area (Å²) in [7, 11) is 1.13. The molecule has 0 aliphatic rings. The third-order valence-electron chi connectivity index (χ3n) is 3.77. The van der Waals surface area contributed by atoms with Gasteiger partial charge >= 0.3 is 12.1 Å². The van der Waals surface area contributed by atoms with Crippen molar-refractivity contribution < 1.29 is 23.9 Å². The third kappa shape index (κ3) is 4.12. The van der Waals surface area contributed by atoms with E-state index in [1.165, 1.54) is 18.3 Å². The number of benzene rings is 1. The molecule has 3 rings (SSSR count). The van der Waals surface area contributed by atoms with Crippen LogP contribution in [-0.4, -0.2) is 36.2 Å². The first-order valence-electron chi connectivity index (χ1n) is 8.03. The van der Waals surface area contributed by atoms with E-state index >= 15 is 0 Å². The normalized spacial score (nSPS) is 11.6. The van der Waals surface area contributed by atoms with E-state index in [0.717, 1.165) is 12.0 Å². The number of nitrogens with zero attached hydrogens (tertiary/aromatic N) is 1. The van der Waals surface area contributed by atoms with Crippen LogP contribution in [0.5, 0.6) is 0 Å². The summed E-state index contributed by atoms with van der Waals surface area (Å²) < 4.78 is 9.60. The highest BCUT2D eigenvalue weighted by atomic mass is 32.1. The van der Waals surface area contributed by atoms with E-state index in [4.69, 9.17) is 4.74 Å². The van der Waals surface area contributed by atoms with E-state index in [1.54, 1.807) is 24.3 Å². The predicted octanol–water partition coefficient (Wildman–Crippen LogP) is 3.39. The number of para-hydroxylation sites is 1. The lowest BCUT2D eigenvalue weighted by Crippen LogP contribution is -2.39. The van der Waals surface area contributed by atoms with Crippen LogP contribution in [0, 0.1) is 0 Å². The number of fused-ring (bicyclic) bond motifs is 1. The molecule has 7 nitrogen and oxygen atoms in total. The molecule has 1 N–H and O–H groups in total. The Labute approximate surface area is 158 Å². The summed E-state index contributed by atoms with van der Waals surface area (Å²) in [6.45, 7) is 1.37. The number of methoxy groups -OCH3 is 1. The van der Waals surface area contributed by atoms with E-state index in [9.17, 15) is 14.4 Å². The molecule has 0 fully saturated rings. The minimum atomic E-state index is -1.17. The largest absolute Gasteiger partial charge is 0.453 e. The summed E-state index contributed by atoms with van der Waals surface area (Å²) in [5.74, 6) is -1.45. The quantitative estimate of drug-likeness (QED) is 0.693. The Morgan fingerprint density at radius 2 is 1.93 bits per heavy atom. The minimum absolute atomic E-state index is 0.293. The van der Waals surface area contributed by atoms with Crippen LogP contribution in [-0.2, 0) is 14.3 Å². The number of hydrogen-bond donors (Lipinski definition) is 1. The zero-order valence-corrected chi connectivity index (χ0v) is 15.4. The third-order valence-corrected chi connectivity index (χ3v) is 4.67. The van der Waals surface area contributed by atoms with E-state index in [0.29, 0.717) is 22.2 Å². The van der Waals surface area contributed by atoms with Gasteiger partial charge in [0.25, 0.3) is 5.91 Å². The molecule has 1 atom stereocenters. The van der Waals surface area contributed by atoms with Crippen LogP contribution in [0.4, 0.5) is 4.79 Å². The zero-order chi connectivity index (χ0) is 19.4. The number of rotatable bonds is 4. The fourth-order valence-corrected chi connectivity index (χ4v) is 3.11. The van der Waals surface area contributed by atoms with Gasteiger partial charge in [-0.15, -0.1) is 11.3 Å². The van der Waals surface area contributed by atoms with Crippen molar-refractivity contribution in [2.24, 2.45) is 0 Å². The summed E-state index contributed by atoms with van der Waals surface area (Å²) in [6, 6.07) is 12.6. The number of amides is 2. The molecular weight excluding hydrogens is 368 g/mol. The maximum Gasteiger partial charge on any atom is 0.413 e. The number of alkyl carbamates (subject to hydrolysis) is 1. The number of aromatic nitrogens is 1. The lowest BCUT2D eigenvalue weighted by atomic mass is 10.1. The molecule has 2 heterocycles. The predicted molar refractivity (Wildman–Crippen MR) is 100 cm³/mol. The summed E-state index contributed by atoms with van der Waals surface area (Å²) in [5.41, 5.74) is 1.58. The van der Waals surface area contributed by atoms with Crippen molar-refractivity contribution in [3.05, 3.63) is 53.4 Å². The van der Waals surface area contributed by atoms with Gasteiger partial charge in [-0.25, -0.2) is 14.6 Å². The Kier molecular flexibility index (Phi) is 5.46. The summed E-state index contributed by atoms with van der Waals surface area (Å²) in [5, 5.41) is 4.50. The van der Waals surface area contributed by atoms with Crippen LogP contribution in [0.15, 0.2) is 47.8 Å². The molecule has 0 radical (unpaired) electrons. The van der Waals surface area contributed by atoms with Gasteiger partial charge in [-0.3, -0.25) is 10.1 Å². The highest BCUT2D eigenvalue weighted by Crippen LogP contribution is 2.28. The van der Waals surface area contributed by atoms with Crippen LogP contribution in [0.2, 0.25) is 0 Å². The van der Waals surface area contributed by atoms with E-state index in [-0.39, 0.29) is 0 Å². The molecule has 0 saturated carbocycles. The van der Waals surface area contributed by atoms with Crippen molar-refractivity contribution >= 4 is 40.2 Å². The van der Waals surface area contributed by atoms with E-state index in [1.807, 2.05) is 28.9 Å². The second-order valence-electron chi connectivity index (χ2n) is 5.58. The number of carbonyl (C=O) groups is 3. The van der Waals surface area contributed by atoms with Crippen molar-refractivity contribution in [1.82, 2.24) is 10.3 Å². The van der Waals surface area contributed by atoms with Crippen molar-refractivity contribution in [3.63, 3.8) is 0 Å². The van der Waals surface area contributed by atoms with Crippen molar-refractivity contribution in [2.45, 2.75) is 13.0 Å². The first kappa shape index (κ1) is 18.5. The molecular formula is C19H16N2O5S. The first-order valence-corrected chi connectivity index (χ1v) is 8.91. The molecule has 27 heavy (non-hydrogen) atoms. The summed E-state index contributed by atoms with van der Waals surface area (Å²) >= 11 is 1.50. The maximum absolute atomic E-state index is 12.7. The number of pyridine rings is 1. The minimum Gasteiger partial charge on any atom is -0.453 e. The van der Waals surface area contributed by atoms with Gasteiger partial charge in [-0.1, -0.05) is 24.3 Å². The second-order valence-corrected chi connectivity index (χ2v) is 6.53. The first-order chi connectivity index (χ1) is 13.0. The Bertz CT molecular complexity index is 1000. The van der Waals surface area contributed by atoms with Crippen LogP contribution < -0.4 is 5.32 Å². The molecule has 0 unspecified atom stereocenters. The fraction of sp³-hybridized carbons (Fsp3) is 0.158. The van der Waals surface area contributed by atoms with Gasteiger partial charge in [0.1, 0.15) is 0 Å². The number of ether oxygens (including phenoxy) is 2. The molecule has 2 aromatic heterocycles. The van der Waals surface area contributed by atoms with Crippen LogP contribution >= 0.6 is 11.3 Å². The van der Waals surface area contributed by atoms with E-state index < -0.39 is 24.1 Å². The lowest BCUT2D eigenvalue weighted by molar-refractivity contribution is -0.128. The highest BCUT2D eigenvalue weighted by molar-refractivity contribution is 7.13. The second kappa shape index (κ2) is 7.96. The fourth-order valence-electron chi connectivity index (χ4n) is 2.43. The van der Waals surface area contributed by atoms with E-state index in [2.05, 4.69) is 9.72 Å². The molecule has 0 aliphatic carbocycles. The smallest absolute Gasteiger partial charge is 0.413 e. The van der Waals surface area contributed by atoms with Gasteiger partial charge in [0, 0.05) is 5.39 Å². The Morgan fingerprint density at radius 3 is 2.63 bits per heavy atom. The number of thiophene rings is 1. The van der Waals surface area contributed by atoms with Gasteiger partial charge in [-0.2, -0.15) is 0 Å². The summed E-state index contributed by atoms with van der Waals surface area (Å²) in [4.78, 5) is 41.2. The summed E-state index contributed by atoms with van der Waals surface area (Å²) in [6.07, 6.45) is -2.09. The van der Waals surface area contributed by atoms with Gasteiger partial charge in [-0.05, 0) is 30.5 Å². The zero-order valence-electron chi connectivity index (χ0n) is 14.6. The van der Waals surface area contributed by atoms with Gasteiger partial charge in [0.05, 0.1) is 28.8 Å². The van der Waals surface area contributed by atoms with Gasteiger partial charge in [0.2, 0.25) is 0 Å². The Hall–Kier alpha value is -3.26. The SMILES string of the molecule is COC(=O)NC(=O)[C@H](C)OC(=O)c1cc(-c2cccs2)nc2ccccc12. The topological polar surface area (TPSA) is 94.6 Å². The number of hydrogen-bond acceptors (Lipinski definition) is 7. The molecule has 0 saturated heterocycles. The number of esters is 1. The van der Waals surface area contributed by atoms with Gasteiger partial charge in [0.15, 0.2) is 6.10 Å². The molecule has 8 heteroatoms. The van der Waals surface area contributed by atoms with Crippen LogP contribution in [0.25, 0.3) is 21.5 Å². The monoisotopic (exact) mass is 384 g/mol. The van der Waals surface area contributed by atoms with Crippen molar-refractivity contribution in [1.29, 1.82) is 0 Å². The van der Waals surface area contributed by atoms with Gasteiger partial charge < -0.3 is 9.47 Å². The standard InChI is InChI=1S/C19H16N2O5S/c1-11(17(22)21-19(24)25-2)26-18(23)13-10-15(16-8-5-9-27-16)20-14-7-4-3-6-12(13)14/h3-11H,1-2H3,(H,21,22,24)/t11-/m0/s1. The molecule has 0 spiro atoms. The maximum atomic E-state index is 12.7. The molecule has 0 aliphatic heterocycles. The molecule has 138 valence electrons. The van der Waals surface area contributed by atoms with Crippen LogP contribution in [0.1, 0.15) is 17.3 Å². The van der Waals surface area contributed by atoms with Crippen LogP contribution in [0.3, 0.4) is 0 Å². The Balaban J connectivity index is 1.91. The average molecular weight is 384 g/mol. The van der Waals surface area contributed by atoms with Crippen molar-refractivity contribution in [2.75, 3.05) is 7.11 Å². The molecule has 0 bridgehead atoms. The number of imide groups is 1. The Morgan fingerprint density at radius 1 is 1.15 bits per heavy atom.